The van der Waals surface area contributed by atoms with Gasteiger partial charge in [-0.3, -0.25) is 0 Å². The summed E-state index contributed by atoms with van der Waals surface area (Å²) in [6.45, 7) is 38.5. The van der Waals surface area contributed by atoms with Crippen LogP contribution < -0.4 is 43.9 Å². The minimum Gasteiger partial charge on any atom is -0.459 e. The largest absolute Gasteiger partial charge is 0.459 e. The van der Waals surface area contributed by atoms with Gasteiger partial charge in [0, 0.05) is 39.5 Å². The third-order valence-corrected chi connectivity index (χ3v) is 43.2. The van der Waals surface area contributed by atoms with Crippen molar-refractivity contribution in [1.29, 1.82) is 0 Å². The van der Waals surface area contributed by atoms with E-state index >= 15 is 0 Å². The molecule has 0 amide bonds. The lowest BCUT2D eigenvalue weighted by Gasteiger charge is -2.63. The van der Waals surface area contributed by atoms with Gasteiger partial charge in [-0.15, -0.1) is 0 Å². The number of ether oxygens (including phenoxy) is 4. The molecule has 29 atom stereocenters. The van der Waals surface area contributed by atoms with E-state index in [1.807, 2.05) is 103 Å². The van der Waals surface area contributed by atoms with Gasteiger partial charge < -0.3 is 53.3 Å². The van der Waals surface area contributed by atoms with Crippen molar-refractivity contribution >= 4 is 46.1 Å². The smallest absolute Gasteiger partial charge is 0.338 e. The van der Waals surface area contributed by atoms with Crippen LogP contribution in [0.2, 0.25) is 0 Å². The van der Waals surface area contributed by atoms with Crippen molar-refractivity contribution in [3.63, 3.8) is 0 Å². The lowest BCUT2D eigenvalue weighted by atomic mass is 9.42. The summed E-state index contributed by atoms with van der Waals surface area (Å²) in [5, 5.41) is 0. The molecule has 8 aromatic carbocycles. The zero-order chi connectivity index (χ0) is 105. The lowest BCUT2D eigenvalue weighted by molar-refractivity contribution is -0.365. The van der Waals surface area contributed by atoms with Gasteiger partial charge in [0.25, 0.3) is 0 Å². The number of rotatable bonds is 33. The number of nitrogen functional groups attached to an aromatic ring is 6. The molecular formula is C133H186N6O10. The number of esters is 2. The Morgan fingerprint density at radius 3 is 1.17 bits per heavy atom. The molecule has 0 aromatic heterocycles. The highest BCUT2D eigenvalue weighted by Gasteiger charge is 2.68. The van der Waals surface area contributed by atoms with E-state index in [-0.39, 0.29) is 64.4 Å². The third kappa shape index (κ3) is 23.8. The summed E-state index contributed by atoms with van der Waals surface area (Å²) in [5.41, 5.74) is 47.6. The number of carbonyl (C=O) groups is 2. The number of nitrogens with two attached hydrogens (primary N) is 6. The molecule has 808 valence electrons. The standard InChI is InChI=1S/C51H66N2O2.2C41H60N2O4/c1-34(2)8-6-9-35(3)46-26-27-47-45-25-14-38-33-51(31-30-49(38,4)48(45)28-29-50(46,47)5,36-12-19-41(20-13-36)54-42-21-15-39(52)16-22-42)37-10-7-11-44(32-37)55-43-23-17-40(53)18-24-43;1-26(2)9-6-10-27(3)34-15-16-35-33-24-38(47-45-25-28-11-7-13-30(42)21-28)37-23-32(46-39(44)29-12-8-14-31(43)22-29)17-19-41(37,5)36(33)18-20-40(34,35)4;1-26(2)7-6-8-27(3)34-17-18-35-33-24-38(47-45-25-28-9-13-30(42)14-10-28)37-23-32(46-39(44)29-11-15-31(43)16-12-29)19-21-41(37,5)36(33)20-22-40(34,35)4/h7,10-13,15-24,32,34-35,38,45-48H,6,8-9,14,25-31,33,52-53H2,1-5H3;7-8,11-14,21-22,26-27,32-38H,6,9-10,15-20,23-25,42-43H2,1-5H3;9-16,26-27,32-38H,6-8,17-25,42-43H2,1-5H3. The molecule has 16 heteroatoms. The first kappa shape index (κ1) is 110. The maximum atomic E-state index is 13.2. The van der Waals surface area contributed by atoms with Gasteiger partial charge in [-0.1, -0.05) is 216 Å². The first-order chi connectivity index (χ1) is 71.4. The van der Waals surface area contributed by atoms with Crippen molar-refractivity contribution < 1.29 is 48.1 Å². The van der Waals surface area contributed by atoms with Crippen LogP contribution in [0, 0.1) is 157 Å². The van der Waals surface area contributed by atoms with Gasteiger partial charge in [0.15, 0.2) is 0 Å². The number of hydrogen-bond acceptors (Lipinski definition) is 16. The van der Waals surface area contributed by atoms with Crippen molar-refractivity contribution in [1.82, 2.24) is 0 Å². The average molecular weight is 2030 g/mol. The molecule has 0 saturated heterocycles. The second-order valence-electron chi connectivity index (χ2n) is 53.0. The Morgan fingerprint density at radius 2 is 0.705 bits per heavy atom. The first-order valence-corrected chi connectivity index (χ1v) is 59.1. The maximum Gasteiger partial charge on any atom is 0.338 e. The number of benzene rings is 8. The maximum absolute atomic E-state index is 13.2. The van der Waals surface area contributed by atoms with E-state index < -0.39 is 0 Å². The summed E-state index contributed by atoms with van der Waals surface area (Å²) in [7, 11) is 0. The van der Waals surface area contributed by atoms with E-state index in [2.05, 4.69) is 152 Å². The van der Waals surface area contributed by atoms with E-state index in [1.165, 1.54) is 172 Å². The van der Waals surface area contributed by atoms with Crippen LogP contribution in [-0.4, -0.2) is 36.4 Å². The quantitative estimate of drug-likeness (QED) is 0.00966. The van der Waals surface area contributed by atoms with Crippen LogP contribution in [0.25, 0.3) is 0 Å². The van der Waals surface area contributed by atoms with Gasteiger partial charge in [0.05, 0.1) is 23.3 Å². The van der Waals surface area contributed by atoms with Crippen molar-refractivity contribution in [2.45, 2.75) is 365 Å². The highest BCUT2D eigenvalue weighted by atomic mass is 17.2. The van der Waals surface area contributed by atoms with Crippen LogP contribution in [0.4, 0.5) is 34.1 Å². The van der Waals surface area contributed by atoms with E-state index in [1.54, 1.807) is 42.5 Å². The molecule has 12 aliphatic carbocycles. The summed E-state index contributed by atoms with van der Waals surface area (Å²) < 4.78 is 25.1. The highest BCUT2D eigenvalue weighted by molar-refractivity contribution is 5.91. The van der Waals surface area contributed by atoms with E-state index in [9.17, 15) is 9.59 Å². The molecule has 149 heavy (non-hydrogen) atoms. The normalized spacial score (nSPS) is 34.2. The van der Waals surface area contributed by atoms with Crippen molar-refractivity contribution in [3.8, 4) is 23.0 Å². The minimum absolute atomic E-state index is 0.0297. The Hall–Kier alpha value is -9.06. The lowest BCUT2D eigenvalue weighted by Crippen LogP contribution is -2.59. The zero-order valence-corrected chi connectivity index (χ0v) is 93.4. The molecule has 20 rings (SSSR count). The molecule has 0 radical (unpaired) electrons. The SMILES string of the molecule is CC(C)CCCC(C)C1CCC2C3CC(OOCc4ccc(N)cc4)C4CC(OC(=O)c5ccc(N)cc5)CCC4(C)C3CCC12C.CC(C)CCCC(C)C1CCC2C3CC(OOCc4cccc(N)c4)C4CC(OC(=O)c5cccc(N)c5)CCC4(C)C3CCC12C.CC(C)CCCC(C)C1CCC2C3CCC4CC(c5ccc(Oc6ccc(N)cc6)cc5)(c5cccc(Oc6ccc(N)cc6)c5)CCC4(C)C3CCC12C. The molecule has 12 saturated carbocycles. The number of carbonyl (C=O) groups excluding carboxylic acids is 2. The fourth-order valence-corrected chi connectivity index (χ4v) is 35.4. The number of fused-ring (bicyclic) bond motifs is 15. The molecular weight excluding hydrogens is 1840 g/mol. The van der Waals surface area contributed by atoms with Crippen LogP contribution in [-0.2, 0) is 47.7 Å². The van der Waals surface area contributed by atoms with Gasteiger partial charge in [0.2, 0.25) is 0 Å². The third-order valence-electron chi connectivity index (χ3n) is 43.2. The Labute approximate surface area is 895 Å². The molecule has 16 nitrogen and oxygen atoms in total. The number of hydrogen-bond donors (Lipinski definition) is 6. The van der Waals surface area contributed by atoms with E-state index in [0.717, 1.165) is 198 Å². The molecule has 0 aliphatic heterocycles. The predicted molar refractivity (Wildman–Crippen MR) is 607 cm³/mol. The van der Waals surface area contributed by atoms with Crippen molar-refractivity contribution in [3.05, 3.63) is 228 Å². The van der Waals surface area contributed by atoms with Crippen molar-refractivity contribution in [2.24, 2.45) is 157 Å². The van der Waals surface area contributed by atoms with Gasteiger partial charge in [-0.05, 0) is 479 Å². The zero-order valence-electron chi connectivity index (χ0n) is 93.4. The van der Waals surface area contributed by atoms with Crippen LogP contribution in [0.5, 0.6) is 23.0 Å². The summed E-state index contributed by atoms with van der Waals surface area (Å²) in [6.07, 6.45) is 42.3. The van der Waals surface area contributed by atoms with Crippen LogP contribution in [0.3, 0.4) is 0 Å². The predicted octanol–water partition coefficient (Wildman–Crippen LogP) is 33.1. The Kier molecular flexibility index (Phi) is 34.4. The fourth-order valence-electron chi connectivity index (χ4n) is 35.4. The average Bonchev–Trinajstić information content (AvgIpc) is 1.65. The molecule has 12 aliphatic rings. The Balaban J connectivity index is 0.000000147. The van der Waals surface area contributed by atoms with E-state index in [4.69, 9.17) is 72.9 Å². The molecule has 0 bridgehead atoms. The molecule has 12 fully saturated rings. The van der Waals surface area contributed by atoms with Gasteiger partial charge in [-0.25, -0.2) is 29.1 Å². The minimum atomic E-state index is -0.289. The topological polar surface area (TPSA) is 264 Å². The molecule has 8 aromatic rings. The van der Waals surface area contributed by atoms with Gasteiger partial charge in [-0.2, -0.15) is 0 Å². The second-order valence-corrected chi connectivity index (χ2v) is 53.0. The summed E-state index contributed by atoms with van der Waals surface area (Å²) in [4.78, 5) is 51.4. The van der Waals surface area contributed by atoms with Crippen LogP contribution in [0.15, 0.2) is 194 Å². The highest BCUT2D eigenvalue weighted by Crippen LogP contribution is 2.74. The van der Waals surface area contributed by atoms with E-state index in [0.29, 0.717) is 87.0 Å². The molecule has 0 spiro atoms. The van der Waals surface area contributed by atoms with Gasteiger partial charge >= 0.3 is 11.9 Å². The van der Waals surface area contributed by atoms with Gasteiger partial charge in [0.1, 0.15) is 48.4 Å². The molecule has 29 unspecified atom stereocenters. The summed E-state index contributed by atoms with van der Waals surface area (Å²) >= 11 is 0. The molecule has 12 N–H and O–H groups in total. The van der Waals surface area contributed by atoms with Crippen LogP contribution in [0.1, 0.15) is 365 Å². The molecule has 0 heterocycles. The van der Waals surface area contributed by atoms with Crippen molar-refractivity contribution in [2.75, 3.05) is 34.4 Å². The number of anilines is 6. The Morgan fingerprint density at radius 1 is 0.309 bits per heavy atom. The summed E-state index contributed by atoms with van der Waals surface area (Å²) in [6, 6.07) is 63.1. The first-order valence-electron chi connectivity index (χ1n) is 59.1. The summed E-state index contributed by atoms with van der Waals surface area (Å²) in [5.74, 6) is 18.1. The van der Waals surface area contributed by atoms with Crippen LogP contribution >= 0.6 is 0 Å². The second kappa shape index (κ2) is 46.7. The Bertz CT molecular complexity index is 5720. The monoisotopic (exact) mass is 2030 g/mol. The fraction of sp³-hybridized carbons (Fsp3) is 0.624.